The molecule has 19 heavy (non-hydrogen) atoms. The first-order valence-corrected chi connectivity index (χ1v) is 6.59. The molecule has 0 aliphatic heterocycles. The van der Waals surface area contributed by atoms with Crippen molar-refractivity contribution in [1.29, 1.82) is 0 Å². The van der Waals surface area contributed by atoms with Gasteiger partial charge in [-0.3, -0.25) is 9.59 Å². The fourth-order valence-electron chi connectivity index (χ4n) is 1.67. The van der Waals surface area contributed by atoms with Crippen LogP contribution in [-0.2, 0) is 4.79 Å². The molecule has 0 unspecified atom stereocenters. The Morgan fingerprint density at radius 2 is 1.84 bits per heavy atom. The fraction of sp³-hybridized carbons (Fsp3) is 0.467. The minimum absolute atomic E-state index is 0.0311. The molecule has 0 aliphatic carbocycles. The molecule has 0 atom stereocenters. The van der Waals surface area contributed by atoms with Gasteiger partial charge in [0.2, 0.25) is 5.91 Å². The highest BCUT2D eigenvalue weighted by molar-refractivity contribution is 5.97. The Hall–Kier alpha value is -1.84. The molecule has 0 spiro atoms. The first kappa shape index (κ1) is 15.2. The van der Waals surface area contributed by atoms with Crippen LogP contribution in [0.1, 0.15) is 44.5 Å². The molecule has 0 aliphatic rings. The monoisotopic (exact) mass is 262 g/mol. The summed E-state index contributed by atoms with van der Waals surface area (Å²) in [5.41, 5.74) is 1.21. The Morgan fingerprint density at radius 1 is 1.16 bits per heavy atom. The average molecular weight is 262 g/mol. The van der Waals surface area contributed by atoms with Gasteiger partial charge in [-0.15, -0.1) is 0 Å². The van der Waals surface area contributed by atoms with Gasteiger partial charge in [0.25, 0.3) is 5.91 Å². The standard InChI is InChI=1S/C15H22N2O2/c1-10(2)8-14(18)17-13-7-5-6-12(9-13)15(19)16-11(3)4/h5-7,9-11H,8H2,1-4H3,(H,16,19)(H,17,18). The predicted molar refractivity (Wildman–Crippen MR) is 77.1 cm³/mol. The third kappa shape index (κ3) is 5.55. The van der Waals surface area contributed by atoms with Crippen LogP contribution in [0.25, 0.3) is 0 Å². The van der Waals surface area contributed by atoms with Crippen molar-refractivity contribution in [3.05, 3.63) is 29.8 Å². The SMILES string of the molecule is CC(C)CC(=O)Nc1cccc(C(=O)NC(C)C)c1. The molecule has 4 heteroatoms. The number of hydrogen-bond donors (Lipinski definition) is 2. The lowest BCUT2D eigenvalue weighted by molar-refractivity contribution is -0.116. The molecule has 0 heterocycles. The zero-order chi connectivity index (χ0) is 14.4. The van der Waals surface area contributed by atoms with Crippen LogP contribution in [0.3, 0.4) is 0 Å². The van der Waals surface area contributed by atoms with E-state index in [4.69, 9.17) is 0 Å². The van der Waals surface area contributed by atoms with Crippen molar-refractivity contribution in [3.8, 4) is 0 Å². The van der Waals surface area contributed by atoms with E-state index in [0.717, 1.165) is 0 Å². The highest BCUT2D eigenvalue weighted by Gasteiger charge is 2.09. The van der Waals surface area contributed by atoms with Crippen LogP contribution in [0.5, 0.6) is 0 Å². The summed E-state index contributed by atoms with van der Waals surface area (Å²) in [5.74, 6) is 0.152. The summed E-state index contributed by atoms with van der Waals surface area (Å²) in [7, 11) is 0. The molecule has 1 rings (SSSR count). The largest absolute Gasteiger partial charge is 0.350 e. The van der Waals surface area contributed by atoms with Crippen molar-refractivity contribution in [1.82, 2.24) is 5.32 Å². The van der Waals surface area contributed by atoms with Crippen LogP contribution in [0.4, 0.5) is 5.69 Å². The van der Waals surface area contributed by atoms with Crippen molar-refractivity contribution in [2.75, 3.05) is 5.32 Å². The topological polar surface area (TPSA) is 58.2 Å². The van der Waals surface area contributed by atoms with E-state index in [1.165, 1.54) is 0 Å². The normalized spacial score (nSPS) is 10.6. The van der Waals surface area contributed by atoms with Gasteiger partial charge in [0, 0.05) is 23.7 Å². The first-order valence-electron chi connectivity index (χ1n) is 6.59. The average Bonchev–Trinajstić information content (AvgIpc) is 2.27. The van der Waals surface area contributed by atoms with E-state index in [2.05, 4.69) is 10.6 Å². The summed E-state index contributed by atoms with van der Waals surface area (Å²) in [4.78, 5) is 23.5. The Balaban J connectivity index is 2.72. The number of hydrogen-bond acceptors (Lipinski definition) is 2. The Labute approximate surface area is 114 Å². The van der Waals surface area contributed by atoms with Gasteiger partial charge in [0.05, 0.1) is 0 Å². The number of benzene rings is 1. The molecular weight excluding hydrogens is 240 g/mol. The summed E-state index contributed by atoms with van der Waals surface area (Å²) in [5, 5.41) is 5.62. The highest BCUT2D eigenvalue weighted by Crippen LogP contribution is 2.12. The maximum absolute atomic E-state index is 11.8. The summed E-state index contributed by atoms with van der Waals surface area (Å²) in [6.45, 7) is 7.80. The lowest BCUT2D eigenvalue weighted by Crippen LogP contribution is -2.30. The Kier molecular flexibility index (Phi) is 5.55. The molecule has 1 aromatic carbocycles. The fourth-order valence-corrected chi connectivity index (χ4v) is 1.67. The molecule has 0 saturated carbocycles. The summed E-state index contributed by atoms with van der Waals surface area (Å²) in [6, 6.07) is 7.06. The van der Waals surface area contributed by atoms with Gasteiger partial charge < -0.3 is 10.6 Å². The maximum Gasteiger partial charge on any atom is 0.251 e. The van der Waals surface area contributed by atoms with Crippen molar-refractivity contribution >= 4 is 17.5 Å². The van der Waals surface area contributed by atoms with Crippen molar-refractivity contribution in [2.24, 2.45) is 5.92 Å². The van der Waals surface area contributed by atoms with Crippen LogP contribution in [0.15, 0.2) is 24.3 Å². The van der Waals surface area contributed by atoms with Crippen LogP contribution in [0, 0.1) is 5.92 Å². The van der Waals surface area contributed by atoms with Crippen LogP contribution >= 0.6 is 0 Å². The van der Waals surface area contributed by atoms with E-state index in [9.17, 15) is 9.59 Å². The van der Waals surface area contributed by atoms with Crippen LogP contribution < -0.4 is 10.6 Å². The number of carbonyl (C=O) groups is 2. The van der Waals surface area contributed by atoms with Gasteiger partial charge in [0.1, 0.15) is 0 Å². The number of carbonyl (C=O) groups excluding carboxylic acids is 2. The second-order valence-electron chi connectivity index (χ2n) is 5.36. The van der Waals surface area contributed by atoms with Gasteiger partial charge in [0.15, 0.2) is 0 Å². The Bertz CT molecular complexity index is 453. The van der Waals surface area contributed by atoms with Gasteiger partial charge in [-0.1, -0.05) is 19.9 Å². The zero-order valence-corrected chi connectivity index (χ0v) is 12.0. The summed E-state index contributed by atoms with van der Waals surface area (Å²) < 4.78 is 0. The van der Waals surface area contributed by atoms with E-state index < -0.39 is 0 Å². The van der Waals surface area contributed by atoms with E-state index in [0.29, 0.717) is 23.6 Å². The van der Waals surface area contributed by atoms with Crippen LogP contribution in [-0.4, -0.2) is 17.9 Å². The number of amides is 2. The van der Waals surface area contributed by atoms with Gasteiger partial charge in [-0.2, -0.15) is 0 Å². The number of anilines is 1. The number of rotatable bonds is 5. The molecular formula is C15H22N2O2. The van der Waals surface area contributed by atoms with E-state index in [1.807, 2.05) is 27.7 Å². The van der Waals surface area contributed by atoms with E-state index in [-0.39, 0.29) is 17.9 Å². The minimum Gasteiger partial charge on any atom is -0.350 e. The quantitative estimate of drug-likeness (QED) is 0.857. The Morgan fingerprint density at radius 3 is 2.42 bits per heavy atom. The third-order valence-corrected chi connectivity index (χ3v) is 2.42. The van der Waals surface area contributed by atoms with Gasteiger partial charge in [-0.05, 0) is 38.0 Å². The molecule has 0 fully saturated rings. The van der Waals surface area contributed by atoms with Crippen molar-refractivity contribution < 1.29 is 9.59 Å². The second kappa shape index (κ2) is 6.92. The minimum atomic E-state index is -0.130. The highest BCUT2D eigenvalue weighted by atomic mass is 16.2. The smallest absolute Gasteiger partial charge is 0.251 e. The van der Waals surface area contributed by atoms with Gasteiger partial charge >= 0.3 is 0 Å². The summed E-state index contributed by atoms with van der Waals surface area (Å²) >= 11 is 0. The molecule has 0 radical (unpaired) electrons. The lowest BCUT2D eigenvalue weighted by atomic mass is 10.1. The second-order valence-corrected chi connectivity index (χ2v) is 5.36. The predicted octanol–water partition coefficient (Wildman–Crippen LogP) is 2.81. The van der Waals surface area contributed by atoms with E-state index >= 15 is 0 Å². The lowest BCUT2D eigenvalue weighted by Gasteiger charge is -2.10. The van der Waals surface area contributed by atoms with Crippen LogP contribution in [0.2, 0.25) is 0 Å². The maximum atomic E-state index is 11.8. The first-order chi connectivity index (χ1) is 8.88. The molecule has 0 aromatic heterocycles. The molecule has 2 N–H and O–H groups in total. The number of nitrogens with one attached hydrogen (secondary N) is 2. The summed E-state index contributed by atoms with van der Waals surface area (Å²) in [6.07, 6.45) is 0.475. The molecule has 0 saturated heterocycles. The van der Waals surface area contributed by atoms with Crippen molar-refractivity contribution in [3.63, 3.8) is 0 Å². The van der Waals surface area contributed by atoms with Gasteiger partial charge in [-0.25, -0.2) is 0 Å². The molecule has 2 amide bonds. The zero-order valence-electron chi connectivity index (χ0n) is 12.0. The molecule has 4 nitrogen and oxygen atoms in total. The van der Waals surface area contributed by atoms with E-state index in [1.54, 1.807) is 24.3 Å². The third-order valence-electron chi connectivity index (χ3n) is 2.42. The molecule has 0 bridgehead atoms. The molecule has 104 valence electrons. The molecule has 1 aromatic rings. The van der Waals surface area contributed by atoms with Crippen molar-refractivity contribution in [2.45, 2.75) is 40.2 Å².